The molecule has 1 N–H and O–H groups in total. The van der Waals surface area contributed by atoms with Gasteiger partial charge in [-0.2, -0.15) is 0 Å². The largest absolute Gasteiger partial charge is 0.309 e. The van der Waals surface area contributed by atoms with Crippen LogP contribution in [0.2, 0.25) is 0 Å². The molecule has 0 saturated carbocycles. The summed E-state index contributed by atoms with van der Waals surface area (Å²) in [4.78, 5) is 0. The molecule has 1 heterocycles. The number of aryl methyl sites for hydroxylation is 1. The molecule has 0 bridgehead atoms. The van der Waals surface area contributed by atoms with Gasteiger partial charge in [0, 0.05) is 13.6 Å². The van der Waals surface area contributed by atoms with Crippen LogP contribution in [-0.2, 0) is 0 Å². The van der Waals surface area contributed by atoms with E-state index in [-0.39, 0.29) is 6.04 Å². The zero-order chi connectivity index (χ0) is 15.0. The Labute approximate surface area is 145 Å². The first-order chi connectivity index (χ1) is 10.1. The van der Waals surface area contributed by atoms with E-state index in [9.17, 15) is 0 Å². The molecule has 0 saturated heterocycles. The van der Waals surface area contributed by atoms with Crippen LogP contribution in [0.3, 0.4) is 0 Å². The summed E-state index contributed by atoms with van der Waals surface area (Å²) in [5, 5.41) is 7.04. The lowest BCUT2D eigenvalue weighted by Gasteiger charge is -2.19. The van der Waals surface area contributed by atoms with Gasteiger partial charge in [0.05, 0.1) is 6.04 Å². The van der Waals surface area contributed by atoms with E-state index in [1.54, 1.807) is 11.3 Å². The number of benzene rings is 2. The molecule has 1 nitrogen and oxygen atoms in total. The van der Waals surface area contributed by atoms with Crippen LogP contribution in [0, 0.1) is 6.92 Å². The van der Waals surface area contributed by atoms with Gasteiger partial charge in [-0.05, 0) is 75.6 Å². The molecule has 0 aliphatic carbocycles. The highest BCUT2D eigenvalue weighted by atomic mass is 79.9. The third kappa shape index (κ3) is 2.82. The van der Waals surface area contributed by atoms with Gasteiger partial charge >= 0.3 is 0 Å². The molecule has 108 valence electrons. The highest BCUT2D eigenvalue weighted by Gasteiger charge is 2.19. The van der Waals surface area contributed by atoms with E-state index in [2.05, 4.69) is 85.9 Å². The summed E-state index contributed by atoms with van der Waals surface area (Å²) in [6.45, 7) is 2.16. The molecule has 0 spiro atoms. The Morgan fingerprint density at radius 1 is 1.10 bits per heavy atom. The van der Waals surface area contributed by atoms with Crippen molar-refractivity contribution in [3.63, 3.8) is 0 Å². The Morgan fingerprint density at radius 2 is 1.90 bits per heavy atom. The van der Waals surface area contributed by atoms with Crippen LogP contribution in [0.15, 0.2) is 50.7 Å². The van der Waals surface area contributed by atoms with Crippen LogP contribution < -0.4 is 5.32 Å². The molecular weight excluding hydrogens is 410 g/mol. The predicted molar refractivity (Wildman–Crippen MR) is 99.3 cm³/mol. The summed E-state index contributed by atoms with van der Waals surface area (Å²) in [6.07, 6.45) is 0. The van der Waals surface area contributed by atoms with Crippen molar-refractivity contribution in [2.75, 3.05) is 7.05 Å². The fraction of sp³-hybridized carbons (Fsp3) is 0.176. The average molecular weight is 425 g/mol. The number of nitrogens with one attached hydrogen (secondary N) is 1. The zero-order valence-corrected chi connectivity index (χ0v) is 15.8. The van der Waals surface area contributed by atoms with E-state index in [1.165, 1.54) is 26.8 Å². The number of halogens is 2. The van der Waals surface area contributed by atoms with Crippen molar-refractivity contribution >= 4 is 53.3 Å². The molecule has 21 heavy (non-hydrogen) atoms. The number of rotatable bonds is 3. The van der Waals surface area contributed by atoms with Gasteiger partial charge in [-0.3, -0.25) is 0 Å². The number of fused-ring (bicyclic) bond motifs is 1. The van der Waals surface area contributed by atoms with Crippen LogP contribution in [0.4, 0.5) is 0 Å². The molecule has 0 amide bonds. The van der Waals surface area contributed by atoms with E-state index in [4.69, 9.17) is 0 Å². The first-order valence-corrected chi connectivity index (χ1v) is 9.17. The van der Waals surface area contributed by atoms with Gasteiger partial charge in [-0.15, -0.1) is 11.3 Å². The Bertz CT molecular complexity index is 795. The zero-order valence-electron chi connectivity index (χ0n) is 11.8. The molecule has 0 aliphatic heterocycles. The first kappa shape index (κ1) is 15.2. The quantitative estimate of drug-likeness (QED) is 0.540. The van der Waals surface area contributed by atoms with Crippen molar-refractivity contribution in [3.8, 4) is 0 Å². The molecule has 0 aliphatic rings. The maximum atomic E-state index is 3.65. The van der Waals surface area contributed by atoms with E-state index in [1.807, 2.05) is 7.05 Å². The number of hydrogen-bond donors (Lipinski definition) is 1. The third-order valence-corrected chi connectivity index (χ3v) is 6.20. The molecule has 0 radical (unpaired) electrons. The van der Waals surface area contributed by atoms with Crippen molar-refractivity contribution in [2.45, 2.75) is 13.0 Å². The van der Waals surface area contributed by atoms with Crippen LogP contribution in [0.25, 0.3) is 10.1 Å². The second-order valence-corrected chi connectivity index (χ2v) is 7.68. The normalized spacial score (nSPS) is 12.8. The van der Waals surface area contributed by atoms with Gasteiger partial charge in [-0.25, -0.2) is 0 Å². The highest BCUT2D eigenvalue weighted by Crippen LogP contribution is 2.38. The smallest absolute Gasteiger partial charge is 0.0591 e. The summed E-state index contributed by atoms with van der Waals surface area (Å²) in [5.41, 5.74) is 3.94. The summed E-state index contributed by atoms with van der Waals surface area (Å²) in [5.74, 6) is 0. The molecule has 0 fully saturated rings. The molecule has 3 aromatic rings. The number of hydrogen-bond acceptors (Lipinski definition) is 2. The molecule has 1 unspecified atom stereocenters. The summed E-state index contributed by atoms with van der Waals surface area (Å²) in [7, 11) is 2.02. The summed E-state index contributed by atoms with van der Waals surface area (Å²) >= 11 is 9.02. The fourth-order valence-corrected chi connectivity index (χ4v) is 4.69. The second kappa shape index (κ2) is 6.21. The van der Waals surface area contributed by atoms with Crippen molar-refractivity contribution < 1.29 is 0 Å². The Kier molecular flexibility index (Phi) is 4.50. The average Bonchev–Trinajstić information content (AvgIpc) is 2.89. The lowest BCUT2D eigenvalue weighted by molar-refractivity contribution is 0.694. The van der Waals surface area contributed by atoms with Crippen molar-refractivity contribution in [3.05, 3.63) is 67.4 Å². The van der Waals surface area contributed by atoms with E-state index in [0.717, 1.165) is 8.95 Å². The molecule has 2 aromatic carbocycles. The van der Waals surface area contributed by atoms with E-state index >= 15 is 0 Å². The topological polar surface area (TPSA) is 12.0 Å². The van der Waals surface area contributed by atoms with E-state index in [0.29, 0.717) is 0 Å². The third-order valence-electron chi connectivity index (χ3n) is 3.73. The Morgan fingerprint density at radius 3 is 2.67 bits per heavy atom. The van der Waals surface area contributed by atoms with Crippen molar-refractivity contribution in [2.24, 2.45) is 0 Å². The van der Waals surface area contributed by atoms with Gasteiger partial charge in [0.1, 0.15) is 0 Å². The molecule has 1 aromatic heterocycles. The first-order valence-electron chi connectivity index (χ1n) is 6.70. The van der Waals surface area contributed by atoms with Crippen LogP contribution in [0.1, 0.15) is 22.7 Å². The fourth-order valence-electron chi connectivity index (χ4n) is 2.67. The van der Waals surface area contributed by atoms with Gasteiger partial charge in [0.2, 0.25) is 0 Å². The molecule has 3 rings (SSSR count). The second-order valence-electron chi connectivity index (χ2n) is 5.03. The van der Waals surface area contributed by atoms with Crippen molar-refractivity contribution in [1.29, 1.82) is 0 Å². The number of thiophene rings is 1. The molecule has 4 heteroatoms. The van der Waals surface area contributed by atoms with Crippen LogP contribution in [-0.4, -0.2) is 7.05 Å². The maximum Gasteiger partial charge on any atom is 0.0591 e. The molecule has 1 atom stereocenters. The van der Waals surface area contributed by atoms with Gasteiger partial charge in [0.25, 0.3) is 0 Å². The Balaban J connectivity index is 2.19. The van der Waals surface area contributed by atoms with Gasteiger partial charge < -0.3 is 5.32 Å². The van der Waals surface area contributed by atoms with Crippen LogP contribution in [0.5, 0.6) is 0 Å². The van der Waals surface area contributed by atoms with Gasteiger partial charge in [-0.1, -0.05) is 34.1 Å². The minimum absolute atomic E-state index is 0.200. The minimum Gasteiger partial charge on any atom is -0.309 e. The van der Waals surface area contributed by atoms with E-state index < -0.39 is 0 Å². The minimum atomic E-state index is 0.200. The summed E-state index contributed by atoms with van der Waals surface area (Å²) < 4.78 is 3.58. The lowest BCUT2D eigenvalue weighted by atomic mass is 9.95. The van der Waals surface area contributed by atoms with Crippen molar-refractivity contribution in [1.82, 2.24) is 5.32 Å². The van der Waals surface area contributed by atoms with Crippen LogP contribution >= 0.6 is 43.2 Å². The maximum absolute atomic E-state index is 3.65. The predicted octanol–water partition coefficient (Wildman–Crippen LogP) is 6.04. The van der Waals surface area contributed by atoms with Gasteiger partial charge in [0.15, 0.2) is 0 Å². The molecular formula is C17H15Br2NS. The monoisotopic (exact) mass is 423 g/mol. The lowest BCUT2D eigenvalue weighted by Crippen LogP contribution is -2.18. The summed E-state index contributed by atoms with van der Waals surface area (Å²) in [6, 6.07) is 13.1. The highest BCUT2D eigenvalue weighted by molar-refractivity contribution is 9.11. The SMILES string of the molecule is CNC(c1cc(Br)ccc1C)c1csc2c(Br)cccc12. The standard InChI is InChI=1S/C17H15Br2NS/c1-10-6-7-11(18)8-13(10)16(20-2)14-9-21-17-12(14)4-3-5-15(17)19/h3-9,16,20H,1-2H3. The Hall–Kier alpha value is -0.680.